The molecule has 0 spiro atoms. The van der Waals surface area contributed by atoms with Crippen LogP contribution in [0.1, 0.15) is 25.7 Å². The molecule has 0 aromatic heterocycles. The monoisotopic (exact) mass is 135 g/mol. The van der Waals surface area contributed by atoms with Crippen molar-refractivity contribution in [2.75, 3.05) is 0 Å². The van der Waals surface area contributed by atoms with Crippen molar-refractivity contribution in [3.63, 3.8) is 0 Å². The van der Waals surface area contributed by atoms with Crippen molar-refractivity contribution < 1.29 is 13.9 Å². The third-order valence-electron chi connectivity index (χ3n) is 1.69. The number of rotatable bonds is 0. The van der Waals surface area contributed by atoms with Gasteiger partial charge in [0.05, 0.1) is 0 Å². The van der Waals surface area contributed by atoms with Gasteiger partial charge in [-0.25, -0.2) is 8.78 Å². The first-order chi connectivity index (χ1) is 4.13. The molecule has 2 atom stereocenters. The van der Waals surface area contributed by atoms with Crippen molar-refractivity contribution in [1.29, 1.82) is 0 Å². The lowest BCUT2D eigenvalue weighted by Gasteiger charge is -2.24. The molecule has 1 saturated carbocycles. The highest BCUT2D eigenvalue weighted by atomic mass is 19.2. The zero-order chi connectivity index (χ0) is 6.91. The van der Waals surface area contributed by atoms with E-state index in [1.54, 1.807) is 0 Å². The van der Waals surface area contributed by atoms with Gasteiger partial charge in [-0.2, -0.15) is 5.11 Å². The van der Waals surface area contributed by atoms with Gasteiger partial charge in [0.2, 0.25) is 0 Å². The van der Waals surface area contributed by atoms with Crippen LogP contribution in [-0.2, 0) is 5.11 Å². The molecule has 3 heteroatoms. The summed E-state index contributed by atoms with van der Waals surface area (Å²) in [4.78, 5) is 0. The van der Waals surface area contributed by atoms with Crippen molar-refractivity contribution in [2.24, 2.45) is 0 Å². The van der Waals surface area contributed by atoms with Gasteiger partial charge in [-0.15, -0.1) is 0 Å². The third-order valence-corrected chi connectivity index (χ3v) is 1.69. The largest absolute Gasteiger partial charge is 0.271 e. The highest BCUT2D eigenvalue weighted by Gasteiger charge is 2.41. The maximum Gasteiger partial charge on any atom is 0.271 e. The van der Waals surface area contributed by atoms with Crippen LogP contribution in [0.15, 0.2) is 0 Å². The van der Waals surface area contributed by atoms with Crippen molar-refractivity contribution in [3.05, 3.63) is 0 Å². The average Bonchev–Trinajstić information content (AvgIpc) is 1.77. The van der Waals surface area contributed by atoms with E-state index < -0.39 is 12.0 Å². The van der Waals surface area contributed by atoms with Gasteiger partial charge in [-0.3, -0.25) is 0 Å². The number of hydrogen-bond acceptors (Lipinski definition) is 0. The van der Waals surface area contributed by atoms with E-state index in [4.69, 9.17) is 0 Å². The van der Waals surface area contributed by atoms with Crippen molar-refractivity contribution >= 4 is 0 Å². The molecule has 0 N–H and O–H groups in total. The maximum atomic E-state index is 12.3. The van der Waals surface area contributed by atoms with E-state index in [0.717, 1.165) is 0 Å². The normalized spacial score (nSPS) is 45.0. The van der Waals surface area contributed by atoms with E-state index in [1.807, 2.05) is 0 Å². The lowest BCUT2D eigenvalue weighted by atomic mass is 9.94. The van der Waals surface area contributed by atoms with Crippen molar-refractivity contribution in [2.45, 2.75) is 37.7 Å². The van der Waals surface area contributed by atoms with E-state index in [-0.39, 0.29) is 12.8 Å². The van der Waals surface area contributed by atoms with Gasteiger partial charge in [0.25, 0.3) is 5.85 Å². The average molecular weight is 135 g/mol. The number of alkyl halides is 2. The summed E-state index contributed by atoms with van der Waals surface area (Å²) in [5.41, 5.74) is 0. The fourth-order valence-corrected chi connectivity index (χ4v) is 1.06. The van der Waals surface area contributed by atoms with Gasteiger partial charge in [-0.05, 0) is 12.8 Å². The standard InChI is InChI=1S/C6H9F2O/c7-5-3-1-2-4-6(5,8)9/h5H,1-4H2. The molecule has 2 unspecified atom stereocenters. The summed E-state index contributed by atoms with van der Waals surface area (Å²) in [6, 6.07) is 0. The minimum absolute atomic E-state index is 0.0972. The first-order valence-electron chi connectivity index (χ1n) is 3.16. The first-order valence-corrected chi connectivity index (χ1v) is 3.16. The van der Waals surface area contributed by atoms with Gasteiger partial charge in [-0.1, -0.05) is 6.42 Å². The Labute approximate surface area is 52.7 Å². The smallest absolute Gasteiger partial charge is 0.241 e. The predicted molar refractivity (Wildman–Crippen MR) is 27.9 cm³/mol. The molecule has 0 aromatic rings. The molecule has 1 aliphatic carbocycles. The lowest BCUT2D eigenvalue weighted by Crippen LogP contribution is -2.36. The second-order valence-corrected chi connectivity index (χ2v) is 2.50. The van der Waals surface area contributed by atoms with Crippen LogP contribution in [0.4, 0.5) is 8.78 Å². The second-order valence-electron chi connectivity index (χ2n) is 2.50. The van der Waals surface area contributed by atoms with E-state index in [0.29, 0.717) is 12.8 Å². The van der Waals surface area contributed by atoms with E-state index in [1.165, 1.54) is 0 Å². The fourth-order valence-electron chi connectivity index (χ4n) is 1.06. The molecule has 0 aliphatic heterocycles. The van der Waals surface area contributed by atoms with Crippen LogP contribution in [0.5, 0.6) is 0 Å². The van der Waals surface area contributed by atoms with E-state index in [9.17, 15) is 13.9 Å². The summed E-state index contributed by atoms with van der Waals surface area (Å²) in [5.74, 6) is -2.78. The summed E-state index contributed by atoms with van der Waals surface area (Å²) >= 11 is 0. The van der Waals surface area contributed by atoms with E-state index >= 15 is 0 Å². The topological polar surface area (TPSA) is 19.9 Å². The predicted octanol–water partition coefficient (Wildman–Crippen LogP) is 1.99. The first kappa shape index (κ1) is 6.93. The molecule has 0 bridgehead atoms. The quantitative estimate of drug-likeness (QED) is 0.484. The van der Waals surface area contributed by atoms with Crippen LogP contribution in [0, 0.1) is 0 Å². The maximum absolute atomic E-state index is 12.3. The Kier molecular flexibility index (Phi) is 1.70. The number of halogens is 2. The van der Waals surface area contributed by atoms with E-state index in [2.05, 4.69) is 0 Å². The summed E-state index contributed by atoms with van der Waals surface area (Å²) in [6.45, 7) is 0. The molecule has 9 heavy (non-hydrogen) atoms. The molecule has 0 amide bonds. The van der Waals surface area contributed by atoms with Gasteiger partial charge in [0, 0.05) is 6.42 Å². The molecular weight excluding hydrogens is 126 g/mol. The zero-order valence-electron chi connectivity index (χ0n) is 5.07. The Balaban J connectivity index is 2.49. The Bertz CT molecular complexity index is 103. The molecule has 53 valence electrons. The third kappa shape index (κ3) is 1.39. The Hall–Kier alpha value is -0.180. The highest BCUT2D eigenvalue weighted by Crippen LogP contribution is 2.32. The van der Waals surface area contributed by atoms with Crippen LogP contribution in [0.3, 0.4) is 0 Å². The minimum atomic E-state index is -2.78. The molecule has 0 heterocycles. The molecule has 1 rings (SSSR count). The second kappa shape index (κ2) is 2.21. The van der Waals surface area contributed by atoms with Crippen LogP contribution in [0.2, 0.25) is 0 Å². The molecule has 1 aliphatic rings. The Morgan fingerprint density at radius 2 is 2.11 bits per heavy atom. The molecule has 0 saturated heterocycles. The lowest BCUT2D eigenvalue weighted by molar-refractivity contribution is -0.204. The SMILES string of the molecule is [O]C1(F)CCCCC1F. The van der Waals surface area contributed by atoms with Crippen LogP contribution >= 0.6 is 0 Å². The summed E-state index contributed by atoms with van der Waals surface area (Å²) in [7, 11) is 0. The van der Waals surface area contributed by atoms with Crippen LogP contribution in [-0.4, -0.2) is 12.0 Å². The minimum Gasteiger partial charge on any atom is -0.241 e. The summed E-state index contributed by atoms with van der Waals surface area (Å²) in [6.07, 6.45) is -0.657. The van der Waals surface area contributed by atoms with Gasteiger partial charge in [0.15, 0.2) is 6.17 Å². The van der Waals surface area contributed by atoms with Gasteiger partial charge >= 0.3 is 0 Å². The Morgan fingerprint density at radius 3 is 2.44 bits per heavy atom. The summed E-state index contributed by atoms with van der Waals surface area (Å²) < 4.78 is 24.6. The van der Waals surface area contributed by atoms with Gasteiger partial charge < -0.3 is 0 Å². The fraction of sp³-hybridized carbons (Fsp3) is 1.00. The summed E-state index contributed by atoms with van der Waals surface area (Å²) in [5, 5.41) is 10.4. The zero-order valence-corrected chi connectivity index (χ0v) is 5.07. The van der Waals surface area contributed by atoms with Crippen molar-refractivity contribution in [1.82, 2.24) is 0 Å². The number of hydrogen-bond donors (Lipinski definition) is 0. The molecule has 1 fully saturated rings. The van der Waals surface area contributed by atoms with Crippen LogP contribution in [0.25, 0.3) is 0 Å². The van der Waals surface area contributed by atoms with Crippen LogP contribution < -0.4 is 0 Å². The molecule has 1 radical (unpaired) electrons. The molecule has 0 aromatic carbocycles. The van der Waals surface area contributed by atoms with Gasteiger partial charge in [0.1, 0.15) is 0 Å². The molecular formula is C6H9F2O. The highest BCUT2D eigenvalue weighted by molar-refractivity contribution is 4.80. The Morgan fingerprint density at radius 1 is 1.44 bits per heavy atom. The molecule has 1 nitrogen and oxygen atoms in total. The van der Waals surface area contributed by atoms with Crippen molar-refractivity contribution in [3.8, 4) is 0 Å².